The van der Waals surface area contributed by atoms with Gasteiger partial charge < -0.3 is 15.7 Å². The van der Waals surface area contributed by atoms with Crippen molar-refractivity contribution in [3.8, 4) is 0 Å². The van der Waals surface area contributed by atoms with E-state index in [0.717, 1.165) is 16.6 Å². The summed E-state index contributed by atoms with van der Waals surface area (Å²) in [6.07, 6.45) is 2.40. The molecule has 0 radical (unpaired) electrons. The summed E-state index contributed by atoms with van der Waals surface area (Å²) < 4.78 is 0. The van der Waals surface area contributed by atoms with Crippen LogP contribution in [0.25, 0.3) is 10.9 Å². The molecule has 0 saturated heterocycles. The second-order valence-corrected chi connectivity index (χ2v) is 7.03. The number of hydrogen-bond donors (Lipinski definition) is 4. The van der Waals surface area contributed by atoms with Gasteiger partial charge in [-0.3, -0.25) is 5.10 Å². The molecule has 0 unspecified atom stereocenters. The summed E-state index contributed by atoms with van der Waals surface area (Å²) in [4.78, 5) is 20.2. The molecule has 29 heavy (non-hydrogen) atoms. The van der Waals surface area contributed by atoms with Gasteiger partial charge in [0.25, 0.3) is 0 Å². The molecule has 0 spiro atoms. The van der Waals surface area contributed by atoms with Crippen molar-refractivity contribution < 1.29 is 9.90 Å². The first-order valence-electron chi connectivity index (χ1n) is 9.35. The Morgan fingerprint density at radius 3 is 2.59 bits per heavy atom. The van der Waals surface area contributed by atoms with E-state index in [2.05, 4.69) is 30.8 Å². The standard InChI is InChI=1S/C21H18N6O2/c28-20(29)13-7-9-14(10-8-13)22-21-23-16-4-2-1-3-15(16)19(25-21)24-18-11-17(26-27-18)12-5-6-12/h1-4,7-12H,5-6H2,(H,28,29)(H3,22,23,24,25,26,27). The number of carboxylic acid groups (broad SMARTS) is 1. The van der Waals surface area contributed by atoms with Crippen molar-refractivity contribution in [2.75, 3.05) is 10.6 Å². The first-order valence-corrected chi connectivity index (χ1v) is 9.35. The van der Waals surface area contributed by atoms with E-state index in [9.17, 15) is 4.79 Å². The Kier molecular flexibility index (Phi) is 4.09. The third-order valence-electron chi connectivity index (χ3n) is 4.85. The molecule has 2 heterocycles. The van der Waals surface area contributed by atoms with Crippen molar-refractivity contribution in [3.63, 3.8) is 0 Å². The minimum Gasteiger partial charge on any atom is -0.478 e. The number of benzene rings is 2. The summed E-state index contributed by atoms with van der Waals surface area (Å²) >= 11 is 0. The Hall–Kier alpha value is -3.94. The van der Waals surface area contributed by atoms with Crippen molar-refractivity contribution in [1.82, 2.24) is 20.2 Å². The van der Waals surface area contributed by atoms with Crippen LogP contribution in [0.1, 0.15) is 34.8 Å². The second-order valence-electron chi connectivity index (χ2n) is 7.03. The summed E-state index contributed by atoms with van der Waals surface area (Å²) in [7, 11) is 0. The number of rotatable bonds is 6. The van der Waals surface area contributed by atoms with E-state index in [-0.39, 0.29) is 5.56 Å². The number of aromatic amines is 1. The molecule has 1 aliphatic carbocycles. The third-order valence-corrected chi connectivity index (χ3v) is 4.85. The number of H-pyrrole nitrogens is 1. The van der Waals surface area contributed by atoms with Crippen LogP contribution < -0.4 is 10.6 Å². The highest BCUT2D eigenvalue weighted by atomic mass is 16.4. The van der Waals surface area contributed by atoms with Crippen LogP contribution in [0.15, 0.2) is 54.6 Å². The molecule has 1 aliphatic rings. The summed E-state index contributed by atoms with van der Waals surface area (Å²) in [5.74, 6) is 1.40. The maximum Gasteiger partial charge on any atom is 0.335 e. The van der Waals surface area contributed by atoms with Crippen LogP contribution in [0.4, 0.5) is 23.3 Å². The average molecular weight is 386 g/mol. The van der Waals surface area contributed by atoms with Crippen LogP contribution in [0.5, 0.6) is 0 Å². The summed E-state index contributed by atoms with van der Waals surface area (Å²) in [5, 5.41) is 23.8. The Labute approximate surface area is 166 Å². The lowest BCUT2D eigenvalue weighted by Crippen LogP contribution is -2.03. The molecule has 5 rings (SSSR count). The lowest BCUT2D eigenvalue weighted by Gasteiger charge is -2.11. The molecule has 8 heteroatoms. The molecule has 4 N–H and O–H groups in total. The van der Waals surface area contributed by atoms with Gasteiger partial charge in [-0.25, -0.2) is 9.78 Å². The number of carbonyl (C=O) groups is 1. The molecule has 0 amide bonds. The van der Waals surface area contributed by atoms with Crippen LogP contribution in [-0.2, 0) is 0 Å². The van der Waals surface area contributed by atoms with E-state index in [1.807, 2.05) is 30.3 Å². The topological polar surface area (TPSA) is 116 Å². The number of carboxylic acids is 1. The van der Waals surface area contributed by atoms with E-state index in [0.29, 0.717) is 29.2 Å². The fourth-order valence-corrected chi connectivity index (χ4v) is 3.18. The molecule has 4 aromatic rings. The number of fused-ring (bicyclic) bond motifs is 1. The van der Waals surface area contributed by atoms with Crippen molar-refractivity contribution in [1.29, 1.82) is 0 Å². The predicted octanol–water partition coefficient (Wildman–Crippen LogP) is 4.42. The molecular formula is C21H18N6O2. The molecule has 2 aromatic heterocycles. The van der Waals surface area contributed by atoms with Crippen LogP contribution in [0, 0.1) is 0 Å². The average Bonchev–Trinajstić information content (AvgIpc) is 3.48. The van der Waals surface area contributed by atoms with Crippen molar-refractivity contribution in [2.24, 2.45) is 0 Å². The van der Waals surface area contributed by atoms with E-state index < -0.39 is 5.97 Å². The number of nitrogens with one attached hydrogen (secondary N) is 3. The van der Waals surface area contributed by atoms with Gasteiger partial charge in [-0.05, 0) is 49.2 Å². The van der Waals surface area contributed by atoms with E-state index in [4.69, 9.17) is 5.11 Å². The normalized spacial score (nSPS) is 13.4. The largest absolute Gasteiger partial charge is 0.478 e. The van der Waals surface area contributed by atoms with Gasteiger partial charge in [0, 0.05) is 28.8 Å². The quantitative estimate of drug-likeness (QED) is 0.388. The third kappa shape index (κ3) is 3.60. The number of anilines is 4. The zero-order valence-electron chi connectivity index (χ0n) is 15.4. The molecule has 0 bridgehead atoms. The maximum atomic E-state index is 11.0. The highest BCUT2D eigenvalue weighted by Gasteiger charge is 2.25. The molecule has 0 aliphatic heterocycles. The van der Waals surface area contributed by atoms with Crippen molar-refractivity contribution >= 4 is 40.1 Å². The SMILES string of the molecule is O=C(O)c1ccc(Nc2nc(Nc3cc(C4CC4)[nH]n3)c3ccccc3n2)cc1. The number of aromatic nitrogens is 4. The van der Waals surface area contributed by atoms with Crippen LogP contribution in [-0.4, -0.2) is 31.2 Å². The van der Waals surface area contributed by atoms with Crippen molar-refractivity contribution in [3.05, 3.63) is 65.9 Å². The number of aromatic carboxylic acids is 1. The first kappa shape index (κ1) is 17.2. The molecule has 8 nitrogen and oxygen atoms in total. The smallest absolute Gasteiger partial charge is 0.335 e. The van der Waals surface area contributed by atoms with Gasteiger partial charge in [0.2, 0.25) is 5.95 Å². The highest BCUT2D eigenvalue weighted by Crippen LogP contribution is 2.39. The molecule has 144 valence electrons. The molecule has 2 aromatic carbocycles. The maximum absolute atomic E-state index is 11.0. The van der Waals surface area contributed by atoms with Gasteiger partial charge in [0.05, 0.1) is 11.1 Å². The Bertz CT molecular complexity index is 1200. The van der Waals surface area contributed by atoms with Gasteiger partial charge in [-0.1, -0.05) is 12.1 Å². The van der Waals surface area contributed by atoms with Crippen LogP contribution in [0.2, 0.25) is 0 Å². The summed E-state index contributed by atoms with van der Waals surface area (Å²) in [5.41, 5.74) is 2.85. The fraction of sp³-hybridized carbons (Fsp3) is 0.143. The lowest BCUT2D eigenvalue weighted by atomic mass is 10.2. The van der Waals surface area contributed by atoms with E-state index >= 15 is 0 Å². The van der Waals surface area contributed by atoms with Gasteiger partial charge in [0.1, 0.15) is 5.82 Å². The van der Waals surface area contributed by atoms with Crippen molar-refractivity contribution in [2.45, 2.75) is 18.8 Å². The Balaban J connectivity index is 1.46. The zero-order chi connectivity index (χ0) is 19.8. The molecule has 0 atom stereocenters. The minimum atomic E-state index is -0.963. The van der Waals surface area contributed by atoms with E-state index in [1.165, 1.54) is 25.0 Å². The Morgan fingerprint density at radius 2 is 1.83 bits per heavy atom. The molecule has 1 fully saturated rings. The predicted molar refractivity (Wildman–Crippen MR) is 110 cm³/mol. The zero-order valence-corrected chi connectivity index (χ0v) is 15.4. The summed E-state index contributed by atoms with van der Waals surface area (Å²) in [6, 6.07) is 16.2. The number of nitrogens with zero attached hydrogens (tertiary/aromatic N) is 3. The second kappa shape index (κ2) is 6.90. The van der Waals surface area contributed by atoms with Crippen LogP contribution >= 0.6 is 0 Å². The van der Waals surface area contributed by atoms with Crippen LogP contribution in [0.3, 0.4) is 0 Å². The van der Waals surface area contributed by atoms with Gasteiger partial charge >= 0.3 is 5.97 Å². The van der Waals surface area contributed by atoms with Gasteiger partial charge in [0.15, 0.2) is 5.82 Å². The lowest BCUT2D eigenvalue weighted by molar-refractivity contribution is 0.0697. The monoisotopic (exact) mass is 386 g/mol. The first-order chi connectivity index (χ1) is 14.2. The van der Waals surface area contributed by atoms with E-state index in [1.54, 1.807) is 12.1 Å². The Morgan fingerprint density at radius 1 is 1.03 bits per heavy atom. The minimum absolute atomic E-state index is 0.224. The molecular weight excluding hydrogens is 368 g/mol. The van der Waals surface area contributed by atoms with Gasteiger partial charge in [-0.15, -0.1) is 0 Å². The fourth-order valence-electron chi connectivity index (χ4n) is 3.18. The molecule has 1 saturated carbocycles. The number of para-hydroxylation sites is 1. The highest BCUT2D eigenvalue weighted by molar-refractivity contribution is 5.92. The summed E-state index contributed by atoms with van der Waals surface area (Å²) in [6.45, 7) is 0. The van der Waals surface area contributed by atoms with Gasteiger partial charge in [-0.2, -0.15) is 10.1 Å². The number of hydrogen-bond acceptors (Lipinski definition) is 6.